The Bertz CT molecular complexity index is 198. The molecule has 0 unspecified atom stereocenters. The average Bonchev–Trinajstić information content (AvgIpc) is 1.90. The molecule has 1 rings (SSSR count). The molecule has 3 heteroatoms. The Morgan fingerprint density at radius 3 is 2.75 bits per heavy atom. The highest BCUT2D eigenvalue weighted by Crippen LogP contribution is 1.73. The minimum atomic E-state index is 0.438. The molecule has 1 aromatic heterocycles. The summed E-state index contributed by atoms with van der Waals surface area (Å²) in [5.74, 6) is 4.88. The fourth-order valence-corrected chi connectivity index (χ4v) is 0.405. The quantitative estimate of drug-likeness (QED) is 0.379. The Morgan fingerprint density at radius 1 is 1.50 bits per heavy atom. The van der Waals surface area contributed by atoms with Gasteiger partial charge >= 0.3 is 0 Å². The lowest BCUT2D eigenvalue weighted by molar-refractivity contribution is 0.490. The van der Waals surface area contributed by atoms with Crippen LogP contribution in [0.2, 0.25) is 0 Å². The van der Waals surface area contributed by atoms with Crippen molar-refractivity contribution >= 4 is 0 Å². The zero-order chi connectivity index (χ0) is 5.82. The fraction of sp³-hybridized carbons (Fsp3) is 0. The zero-order valence-electron chi connectivity index (χ0n) is 4.24. The molecule has 42 valence electrons. The van der Waals surface area contributed by atoms with Gasteiger partial charge < -0.3 is 10.3 Å². The van der Waals surface area contributed by atoms with Gasteiger partial charge in [0.15, 0.2) is 0 Å². The molecule has 0 aliphatic rings. The number of hydrogen-bond donors (Lipinski definition) is 1. The summed E-state index contributed by atoms with van der Waals surface area (Å²) in [4.78, 5) is 0. The van der Waals surface area contributed by atoms with E-state index in [0.717, 1.165) is 0 Å². The maximum Gasteiger partial charge on any atom is 0.235 e. The maximum atomic E-state index is 4.88. The van der Waals surface area contributed by atoms with Gasteiger partial charge in [0.1, 0.15) is 0 Å². The van der Waals surface area contributed by atoms with Gasteiger partial charge in [-0.25, -0.2) is 0 Å². The normalized spacial score (nSPS) is 11.8. The molecule has 0 saturated carbocycles. The molecule has 0 bridgehead atoms. The van der Waals surface area contributed by atoms with Crippen LogP contribution < -0.4 is 11.4 Å². The van der Waals surface area contributed by atoms with Crippen LogP contribution in [0.4, 0.5) is 0 Å². The van der Waals surface area contributed by atoms with E-state index in [4.69, 9.17) is 10.3 Å². The molecule has 0 aromatic carbocycles. The number of nitrogens with two attached hydrogens (primary N) is 1. The van der Waals surface area contributed by atoms with Gasteiger partial charge in [0, 0.05) is 6.07 Å². The van der Waals surface area contributed by atoms with Crippen LogP contribution in [0.25, 0.3) is 0 Å². The second kappa shape index (κ2) is 2.16. The molecule has 3 nitrogen and oxygen atoms in total. The van der Waals surface area contributed by atoms with Crippen molar-refractivity contribution in [1.82, 2.24) is 0 Å². The summed E-state index contributed by atoms with van der Waals surface area (Å²) < 4.78 is 4.78. The van der Waals surface area contributed by atoms with Gasteiger partial charge in [0.25, 0.3) is 0 Å². The Balaban J connectivity index is 3.20. The molecule has 0 saturated heterocycles. The maximum absolute atomic E-state index is 4.88. The molecule has 2 N–H and O–H groups in total. The molecule has 0 radical (unpaired) electrons. The van der Waals surface area contributed by atoms with Crippen LogP contribution in [0.15, 0.2) is 34.0 Å². The van der Waals surface area contributed by atoms with Gasteiger partial charge in [-0.1, -0.05) is 6.07 Å². The standard InChI is InChI=1S/C5H6N2O/c6-7-5-3-1-2-4-8-5/h1-4H,6H2. The Hall–Kier alpha value is -1.25. The lowest BCUT2D eigenvalue weighted by Crippen LogP contribution is -2.01. The van der Waals surface area contributed by atoms with Crippen LogP contribution in [0.5, 0.6) is 0 Å². The van der Waals surface area contributed by atoms with E-state index in [1.807, 2.05) is 0 Å². The Labute approximate surface area is 46.4 Å². The van der Waals surface area contributed by atoms with E-state index in [-0.39, 0.29) is 0 Å². The van der Waals surface area contributed by atoms with Crippen molar-refractivity contribution < 1.29 is 4.42 Å². The predicted octanol–water partition coefficient (Wildman–Crippen LogP) is 0.0540. The van der Waals surface area contributed by atoms with Crippen molar-refractivity contribution in [1.29, 1.82) is 0 Å². The van der Waals surface area contributed by atoms with Crippen molar-refractivity contribution in [3.8, 4) is 0 Å². The van der Waals surface area contributed by atoms with Crippen LogP contribution in [0.1, 0.15) is 0 Å². The second-order valence-electron chi connectivity index (χ2n) is 1.27. The van der Waals surface area contributed by atoms with Gasteiger partial charge in [-0.15, -0.1) is 5.10 Å². The minimum Gasteiger partial charge on any atom is -0.446 e. The topological polar surface area (TPSA) is 51.5 Å². The van der Waals surface area contributed by atoms with Gasteiger partial charge in [0.05, 0.1) is 6.26 Å². The van der Waals surface area contributed by atoms with Gasteiger partial charge in [-0.2, -0.15) is 0 Å². The van der Waals surface area contributed by atoms with E-state index in [1.54, 1.807) is 18.2 Å². The highest BCUT2D eigenvalue weighted by atomic mass is 16.3. The lowest BCUT2D eigenvalue weighted by Gasteiger charge is -1.78. The van der Waals surface area contributed by atoms with Gasteiger partial charge in [-0.3, -0.25) is 0 Å². The first-order valence-corrected chi connectivity index (χ1v) is 2.21. The minimum absolute atomic E-state index is 0.438. The molecule has 0 amide bonds. The highest BCUT2D eigenvalue weighted by Gasteiger charge is 1.72. The molecule has 0 fully saturated rings. The molecule has 0 aliphatic heterocycles. The van der Waals surface area contributed by atoms with E-state index < -0.39 is 0 Å². The summed E-state index contributed by atoms with van der Waals surface area (Å²) in [6.07, 6.45) is 1.52. The molecule has 0 spiro atoms. The molecule has 0 aliphatic carbocycles. The summed E-state index contributed by atoms with van der Waals surface area (Å²) in [5, 5.41) is 3.30. The predicted molar refractivity (Wildman–Crippen MR) is 28.5 cm³/mol. The summed E-state index contributed by atoms with van der Waals surface area (Å²) in [6.45, 7) is 0. The van der Waals surface area contributed by atoms with E-state index in [1.165, 1.54) is 6.26 Å². The summed E-state index contributed by atoms with van der Waals surface area (Å²) in [7, 11) is 0. The van der Waals surface area contributed by atoms with Gasteiger partial charge in [-0.05, 0) is 6.07 Å². The smallest absolute Gasteiger partial charge is 0.235 e. The molecule has 1 heterocycles. The number of rotatable bonds is 0. The molecular weight excluding hydrogens is 104 g/mol. The number of hydrogen-bond acceptors (Lipinski definition) is 3. The largest absolute Gasteiger partial charge is 0.446 e. The monoisotopic (exact) mass is 110 g/mol. The van der Waals surface area contributed by atoms with Crippen LogP contribution >= 0.6 is 0 Å². The molecule has 8 heavy (non-hydrogen) atoms. The average molecular weight is 110 g/mol. The van der Waals surface area contributed by atoms with Crippen LogP contribution in [-0.2, 0) is 0 Å². The zero-order valence-corrected chi connectivity index (χ0v) is 4.24. The lowest BCUT2D eigenvalue weighted by atomic mass is 10.5. The van der Waals surface area contributed by atoms with E-state index in [9.17, 15) is 0 Å². The SMILES string of the molecule is NN=c1cccco1. The van der Waals surface area contributed by atoms with E-state index in [0.29, 0.717) is 5.55 Å². The highest BCUT2D eigenvalue weighted by molar-refractivity contribution is 4.84. The second-order valence-corrected chi connectivity index (χ2v) is 1.27. The van der Waals surface area contributed by atoms with Crippen molar-refractivity contribution in [2.24, 2.45) is 10.9 Å². The van der Waals surface area contributed by atoms with E-state index in [2.05, 4.69) is 5.10 Å². The third-order valence-electron chi connectivity index (χ3n) is 0.745. The van der Waals surface area contributed by atoms with Gasteiger partial charge in [0.2, 0.25) is 5.55 Å². The third-order valence-corrected chi connectivity index (χ3v) is 0.745. The summed E-state index contributed by atoms with van der Waals surface area (Å²) in [5.41, 5.74) is 0.438. The van der Waals surface area contributed by atoms with Crippen molar-refractivity contribution in [2.75, 3.05) is 0 Å². The summed E-state index contributed by atoms with van der Waals surface area (Å²) >= 11 is 0. The van der Waals surface area contributed by atoms with Crippen LogP contribution in [0.3, 0.4) is 0 Å². The first-order valence-electron chi connectivity index (χ1n) is 2.21. The third kappa shape index (κ3) is 0.872. The van der Waals surface area contributed by atoms with Crippen molar-refractivity contribution in [3.05, 3.63) is 30.0 Å². The van der Waals surface area contributed by atoms with Crippen LogP contribution in [0, 0.1) is 0 Å². The van der Waals surface area contributed by atoms with Crippen molar-refractivity contribution in [3.63, 3.8) is 0 Å². The van der Waals surface area contributed by atoms with Crippen LogP contribution in [-0.4, -0.2) is 0 Å². The molecule has 0 atom stereocenters. The Kier molecular flexibility index (Phi) is 1.32. The molecular formula is C5H6N2O. The fourth-order valence-electron chi connectivity index (χ4n) is 0.405. The molecule has 1 aromatic rings. The van der Waals surface area contributed by atoms with E-state index >= 15 is 0 Å². The first kappa shape index (κ1) is 4.90. The van der Waals surface area contributed by atoms with Crippen molar-refractivity contribution in [2.45, 2.75) is 0 Å². The first-order chi connectivity index (χ1) is 3.93. The Morgan fingerprint density at radius 2 is 2.38 bits per heavy atom. The summed E-state index contributed by atoms with van der Waals surface area (Å²) in [6, 6.07) is 5.24. The number of nitrogens with zero attached hydrogens (tertiary/aromatic N) is 1.